The second kappa shape index (κ2) is 3.73. The maximum absolute atomic E-state index is 12.9. The number of rotatable bonds is 1. The lowest BCUT2D eigenvalue weighted by molar-refractivity contribution is 0.104. The van der Waals surface area contributed by atoms with Crippen molar-refractivity contribution in [2.45, 2.75) is 0 Å². The Morgan fingerprint density at radius 2 is 2.27 bits per heavy atom. The number of fused-ring (bicyclic) bond motifs is 1. The van der Waals surface area contributed by atoms with Crippen molar-refractivity contribution in [2.75, 3.05) is 13.7 Å². The molecule has 0 amide bonds. The Hall–Kier alpha value is -1.84. The number of ether oxygens (including phenoxy) is 1. The highest BCUT2D eigenvalue weighted by molar-refractivity contribution is 6.07. The van der Waals surface area contributed by atoms with Crippen molar-refractivity contribution in [3.8, 4) is 5.75 Å². The predicted octanol–water partition coefficient (Wildman–Crippen LogP) is 1.50. The van der Waals surface area contributed by atoms with Crippen LogP contribution in [-0.2, 0) is 0 Å². The molecule has 0 spiro atoms. The second-order valence-electron chi connectivity index (χ2n) is 3.21. The predicted molar refractivity (Wildman–Crippen MR) is 53.4 cm³/mol. The molecule has 0 unspecified atom stereocenters. The highest BCUT2D eigenvalue weighted by Crippen LogP contribution is 2.23. The number of halogens is 1. The minimum absolute atomic E-state index is 0.244. The van der Waals surface area contributed by atoms with Crippen LogP contribution in [0.1, 0.15) is 10.4 Å². The molecule has 1 aromatic rings. The molecule has 2 rings (SSSR count). The van der Waals surface area contributed by atoms with E-state index in [4.69, 9.17) is 4.74 Å². The highest BCUT2D eigenvalue weighted by Gasteiger charge is 2.16. The lowest BCUT2D eigenvalue weighted by Crippen LogP contribution is -2.13. The Bertz CT molecular complexity index is 440. The molecular weight excluding hydrogens is 197 g/mol. The number of hydrogen-bond donors (Lipinski definition) is 1. The molecule has 1 aromatic carbocycles. The van der Waals surface area contributed by atoms with Crippen LogP contribution in [0.5, 0.6) is 5.75 Å². The molecule has 4 heteroatoms. The quantitative estimate of drug-likeness (QED) is 0.758. The fraction of sp³-hybridized carbons (Fsp3) is 0.182. The second-order valence-corrected chi connectivity index (χ2v) is 3.21. The van der Waals surface area contributed by atoms with Crippen LogP contribution in [0.2, 0.25) is 0 Å². The van der Waals surface area contributed by atoms with E-state index in [0.29, 0.717) is 18.1 Å². The van der Waals surface area contributed by atoms with Crippen molar-refractivity contribution in [3.63, 3.8) is 0 Å². The van der Waals surface area contributed by atoms with Crippen LogP contribution in [-0.4, -0.2) is 19.4 Å². The lowest BCUT2D eigenvalue weighted by atomic mass is 10.1. The van der Waals surface area contributed by atoms with E-state index in [0.717, 1.165) is 0 Å². The van der Waals surface area contributed by atoms with Crippen molar-refractivity contribution < 1.29 is 13.9 Å². The van der Waals surface area contributed by atoms with E-state index in [1.54, 1.807) is 7.05 Å². The Labute approximate surface area is 86.6 Å². The molecular formula is C11H10FNO2. The molecule has 1 N–H and O–H groups in total. The smallest absolute Gasteiger partial charge is 0.191 e. The zero-order valence-electron chi connectivity index (χ0n) is 8.21. The van der Waals surface area contributed by atoms with Crippen LogP contribution in [0.25, 0.3) is 0 Å². The molecule has 78 valence electrons. The van der Waals surface area contributed by atoms with Crippen molar-refractivity contribution in [2.24, 2.45) is 0 Å². The molecule has 0 saturated heterocycles. The minimum atomic E-state index is -0.438. The highest BCUT2D eigenvalue weighted by atomic mass is 19.1. The first kappa shape index (κ1) is 9.71. The van der Waals surface area contributed by atoms with E-state index in [2.05, 4.69) is 5.32 Å². The van der Waals surface area contributed by atoms with Crippen LogP contribution in [0, 0.1) is 5.82 Å². The van der Waals surface area contributed by atoms with E-state index >= 15 is 0 Å². The SMILES string of the molecule is CNC1=CC(=O)c2cc(F)ccc2OC1. The van der Waals surface area contributed by atoms with Gasteiger partial charge in [-0.15, -0.1) is 0 Å². The van der Waals surface area contributed by atoms with Crippen LogP contribution < -0.4 is 10.1 Å². The Morgan fingerprint density at radius 3 is 3.00 bits per heavy atom. The normalized spacial score (nSPS) is 14.8. The van der Waals surface area contributed by atoms with Crippen LogP contribution in [0.3, 0.4) is 0 Å². The number of benzene rings is 1. The van der Waals surface area contributed by atoms with Gasteiger partial charge in [-0.3, -0.25) is 4.79 Å². The molecule has 1 aliphatic rings. The first-order valence-corrected chi connectivity index (χ1v) is 4.55. The van der Waals surface area contributed by atoms with Gasteiger partial charge in [0, 0.05) is 13.1 Å². The largest absolute Gasteiger partial charge is 0.487 e. The van der Waals surface area contributed by atoms with Gasteiger partial charge < -0.3 is 10.1 Å². The number of likely N-dealkylation sites (N-methyl/N-ethyl adjacent to an activating group) is 1. The molecule has 15 heavy (non-hydrogen) atoms. The van der Waals surface area contributed by atoms with Crippen molar-refractivity contribution in [1.29, 1.82) is 0 Å². The minimum Gasteiger partial charge on any atom is -0.487 e. The van der Waals surface area contributed by atoms with Gasteiger partial charge in [0.25, 0.3) is 0 Å². The molecule has 0 saturated carbocycles. The zero-order valence-corrected chi connectivity index (χ0v) is 8.21. The van der Waals surface area contributed by atoms with Gasteiger partial charge in [0.2, 0.25) is 0 Å². The maximum atomic E-state index is 12.9. The summed E-state index contributed by atoms with van der Waals surface area (Å²) < 4.78 is 18.3. The summed E-state index contributed by atoms with van der Waals surface area (Å²) in [5, 5.41) is 2.85. The van der Waals surface area contributed by atoms with Gasteiger partial charge in [0.15, 0.2) is 5.78 Å². The summed E-state index contributed by atoms with van der Waals surface area (Å²) in [5.41, 5.74) is 0.942. The molecule has 0 fully saturated rings. The summed E-state index contributed by atoms with van der Waals surface area (Å²) in [6.45, 7) is 0.293. The maximum Gasteiger partial charge on any atom is 0.191 e. The third-order valence-corrected chi connectivity index (χ3v) is 2.22. The third kappa shape index (κ3) is 1.83. The molecule has 1 heterocycles. The van der Waals surface area contributed by atoms with E-state index in [9.17, 15) is 9.18 Å². The Balaban J connectivity index is 2.46. The van der Waals surface area contributed by atoms with Gasteiger partial charge >= 0.3 is 0 Å². The van der Waals surface area contributed by atoms with Gasteiger partial charge in [-0.1, -0.05) is 0 Å². The fourth-order valence-electron chi connectivity index (χ4n) is 1.40. The average molecular weight is 207 g/mol. The van der Waals surface area contributed by atoms with Crippen LogP contribution >= 0.6 is 0 Å². The summed E-state index contributed by atoms with van der Waals surface area (Å²) in [4.78, 5) is 11.7. The summed E-state index contributed by atoms with van der Waals surface area (Å²) >= 11 is 0. The molecule has 1 aliphatic heterocycles. The van der Waals surface area contributed by atoms with Gasteiger partial charge in [-0.25, -0.2) is 4.39 Å². The molecule has 0 atom stereocenters. The first-order chi connectivity index (χ1) is 7.20. The topological polar surface area (TPSA) is 38.3 Å². The third-order valence-electron chi connectivity index (χ3n) is 2.22. The molecule has 0 radical (unpaired) electrons. The summed E-state index contributed by atoms with van der Waals surface area (Å²) in [6, 6.07) is 3.93. The van der Waals surface area contributed by atoms with Crippen molar-refractivity contribution >= 4 is 5.78 Å². The standard InChI is InChI=1S/C11H10FNO2/c1-13-8-5-10(14)9-4-7(12)2-3-11(9)15-6-8/h2-5,13H,6H2,1H3. The fourth-order valence-corrected chi connectivity index (χ4v) is 1.40. The molecule has 0 aliphatic carbocycles. The van der Waals surface area contributed by atoms with Crippen LogP contribution in [0.4, 0.5) is 4.39 Å². The molecule has 3 nitrogen and oxygen atoms in total. The average Bonchev–Trinajstić information content (AvgIpc) is 2.39. The Kier molecular flexibility index (Phi) is 2.41. The van der Waals surface area contributed by atoms with E-state index in [1.165, 1.54) is 24.3 Å². The number of carbonyl (C=O) groups is 1. The van der Waals surface area contributed by atoms with Gasteiger partial charge in [-0.2, -0.15) is 0 Å². The van der Waals surface area contributed by atoms with Gasteiger partial charge in [-0.05, 0) is 18.2 Å². The molecule has 0 aromatic heterocycles. The number of nitrogens with one attached hydrogen (secondary N) is 1. The lowest BCUT2D eigenvalue weighted by Gasteiger charge is -2.07. The van der Waals surface area contributed by atoms with Crippen molar-refractivity contribution in [1.82, 2.24) is 5.32 Å². The Morgan fingerprint density at radius 1 is 1.47 bits per heavy atom. The number of ketones is 1. The first-order valence-electron chi connectivity index (χ1n) is 4.55. The number of carbonyl (C=O) groups excluding carboxylic acids is 1. The van der Waals surface area contributed by atoms with E-state index < -0.39 is 5.82 Å². The number of allylic oxidation sites excluding steroid dienone is 1. The molecule has 0 bridgehead atoms. The summed E-state index contributed by atoms with van der Waals surface area (Å²) in [5.74, 6) is -0.263. The van der Waals surface area contributed by atoms with Gasteiger partial charge in [0.1, 0.15) is 18.2 Å². The van der Waals surface area contributed by atoms with Crippen molar-refractivity contribution in [3.05, 3.63) is 41.4 Å². The monoisotopic (exact) mass is 207 g/mol. The summed E-state index contributed by atoms with van der Waals surface area (Å²) in [6.07, 6.45) is 1.42. The number of hydrogen-bond acceptors (Lipinski definition) is 3. The van der Waals surface area contributed by atoms with Gasteiger partial charge in [0.05, 0.1) is 11.3 Å². The van der Waals surface area contributed by atoms with E-state index in [-0.39, 0.29) is 11.3 Å². The van der Waals surface area contributed by atoms with Crippen LogP contribution in [0.15, 0.2) is 30.0 Å². The van der Waals surface area contributed by atoms with E-state index in [1.807, 2.05) is 0 Å². The zero-order chi connectivity index (χ0) is 10.8. The summed E-state index contributed by atoms with van der Waals surface area (Å²) in [7, 11) is 1.71.